The van der Waals surface area contributed by atoms with E-state index < -0.39 is 19.9 Å². The first-order valence-corrected chi connectivity index (χ1v) is 23.2. The number of rotatable bonds is 39. The fourth-order valence-corrected chi connectivity index (χ4v) is 6.09. The minimum absolute atomic E-state index is 0.0201. The molecule has 0 aliphatic carbocycles. The van der Waals surface area contributed by atoms with Gasteiger partial charge in [0, 0.05) is 12.8 Å². The Kier molecular flexibility index (Phi) is 36.3. The van der Waals surface area contributed by atoms with Gasteiger partial charge >= 0.3 is 13.8 Å². The number of ketones is 1. The molecule has 0 bridgehead atoms. The highest BCUT2D eigenvalue weighted by atomic mass is 31.2. The van der Waals surface area contributed by atoms with Crippen LogP contribution in [0.25, 0.3) is 0 Å². The molecule has 1 unspecified atom stereocenters. The number of unbranched alkanes of at least 4 members (excludes halogenated alkanes) is 14. The lowest BCUT2D eigenvalue weighted by atomic mass is 10.1. The van der Waals surface area contributed by atoms with Crippen molar-refractivity contribution in [3.63, 3.8) is 0 Å². The third-order valence-corrected chi connectivity index (χ3v) is 9.77. The first kappa shape index (κ1) is 53.5. The van der Waals surface area contributed by atoms with Crippen molar-refractivity contribution in [1.29, 1.82) is 0 Å². The minimum Gasteiger partial charge on any atom is -0.498 e. The summed E-state index contributed by atoms with van der Waals surface area (Å²) in [5.41, 5.74) is 0. The van der Waals surface area contributed by atoms with Gasteiger partial charge in [0.1, 0.15) is 19.8 Å². The van der Waals surface area contributed by atoms with Crippen LogP contribution in [-0.2, 0) is 32.7 Å². The monoisotopic (exact) mass is 807 g/mol. The molecular formula is C46H81NO8P+. The van der Waals surface area contributed by atoms with Crippen LogP contribution < -0.4 is 0 Å². The first-order valence-electron chi connectivity index (χ1n) is 21.7. The Bertz CT molecular complexity index is 1180. The topological polar surface area (TPSA) is 108 Å². The maximum Gasteiger partial charge on any atom is 0.472 e. The van der Waals surface area contributed by atoms with E-state index in [2.05, 4.69) is 50.3 Å². The summed E-state index contributed by atoms with van der Waals surface area (Å²) in [6.45, 7) is 4.58. The zero-order valence-corrected chi connectivity index (χ0v) is 37.0. The molecule has 0 saturated carbocycles. The fraction of sp³-hybridized carbons (Fsp3) is 0.696. The second-order valence-electron chi connectivity index (χ2n) is 15.5. The zero-order valence-electron chi connectivity index (χ0n) is 36.1. The van der Waals surface area contributed by atoms with E-state index in [-0.39, 0.29) is 38.4 Å². The maximum atomic E-state index is 12.6. The smallest absolute Gasteiger partial charge is 0.472 e. The van der Waals surface area contributed by atoms with Crippen LogP contribution >= 0.6 is 7.82 Å². The summed E-state index contributed by atoms with van der Waals surface area (Å²) in [7, 11) is 1.48. The molecule has 10 heteroatoms. The Hall–Kier alpha value is -2.55. The van der Waals surface area contributed by atoms with Gasteiger partial charge in [-0.1, -0.05) is 126 Å². The summed E-state index contributed by atoms with van der Waals surface area (Å²) in [5.74, 6) is -0.620. The molecule has 322 valence electrons. The Morgan fingerprint density at radius 2 is 1.16 bits per heavy atom. The average Bonchev–Trinajstić information content (AvgIpc) is 3.14. The van der Waals surface area contributed by atoms with E-state index in [1.165, 1.54) is 89.5 Å². The Morgan fingerprint density at radius 1 is 0.625 bits per heavy atom. The number of hydrogen-bond donors (Lipinski definition) is 1. The maximum absolute atomic E-state index is 12.6. The van der Waals surface area contributed by atoms with Crippen molar-refractivity contribution >= 4 is 19.6 Å². The SMILES string of the molecule is CCCCC/C=C\C/C=C\C/C=C\C=C\C(=O)CCCC(=O)O[C@H](CO/C=C/CCCCCCCC/C=C\CCCCCC)COP(=O)(O)OCC[N+](C)(C)C. The summed E-state index contributed by atoms with van der Waals surface area (Å²) in [4.78, 5) is 35.1. The lowest BCUT2D eigenvalue weighted by molar-refractivity contribution is -0.870. The van der Waals surface area contributed by atoms with E-state index in [1.807, 2.05) is 39.4 Å². The van der Waals surface area contributed by atoms with E-state index >= 15 is 0 Å². The molecule has 0 fully saturated rings. The Balaban J connectivity index is 4.53. The number of carbonyl (C=O) groups excluding carboxylic acids is 2. The third-order valence-electron chi connectivity index (χ3n) is 8.78. The molecule has 0 aliphatic rings. The van der Waals surface area contributed by atoms with Crippen molar-refractivity contribution < 1.29 is 42.1 Å². The normalized spacial score (nSPS) is 14.3. The molecule has 56 heavy (non-hydrogen) atoms. The van der Waals surface area contributed by atoms with Crippen molar-refractivity contribution in [3.05, 3.63) is 73.1 Å². The number of phosphoric acid groups is 1. The molecule has 0 spiro atoms. The van der Waals surface area contributed by atoms with Crippen LogP contribution in [0.2, 0.25) is 0 Å². The van der Waals surface area contributed by atoms with Gasteiger partial charge in [-0.25, -0.2) is 4.57 Å². The van der Waals surface area contributed by atoms with Crippen LogP contribution in [0.5, 0.6) is 0 Å². The van der Waals surface area contributed by atoms with Gasteiger partial charge in [-0.3, -0.25) is 18.6 Å². The van der Waals surface area contributed by atoms with Gasteiger partial charge in [0.05, 0.1) is 34.0 Å². The van der Waals surface area contributed by atoms with Gasteiger partial charge in [-0.05, 0) is 82.8 Å². The van der Waals surface area contributed by atoms with Gasteiger partial charge in [-0.2, -0.15) is 0 Å². The number of likely N-dealkylation sites (N-methyl/N-ethyl adjacent to an activating group) is 1. The molecule has 1 N–H and O–H groups in total. The van der Waals surface area contributed by atoms with Crippen LogP contribution in [0, 0.1) is 0 Å². The predicted octanol–water partition coefficient (Wildman–Crippen LogP) is 12.2. The Labute approximate surface area is 342 Å². The number of allylic oxidation sites excluding steroid dienone is 11. The van der Waals surface area contributed by atoms with Crippen LogP contribution in [0.15, 0.2) is 73.1 Å². The standard InChI is InChI=1S/C46H80NO8P/c1-6-8-10-12-14-16-18-20-21-22-24-26-28-30-32-34-40-52-42-45(43-54-56(50,51)53-41-39-47(3,4)5)55-46(49)38-35-37-44(48)36-33-31-29-27-25-23-19-17-15-13-11-9-7-2/h15-18,23,25,29,31,33-34,36,40,45H,6-14,19-22,24,26-28,30,32,35,37-39,41-43H2,1-5H3/p+1/b17-15-,18-16-,25-23-,31-29-,36-33+,40-34+/t45-/m1/s1. The second kappa shape index (κ2) is 38.0. The predicted molar refractivity (Wildman–Crippen MR) is 233 cm³/mol. The van der Waals surface area contributed by atoms with Crippen LogP contribution in [0.3, 0.4) is 0 Å². The van der Waals surface area contributed by atoms with Crippen molar-refractivity contribution in [1.82, 2.24) is 0 Å². The Morgan fingerprint density at radius 3 is 1.80 bits per heavy atom. The summed E-state index contributed by atoms with van der Waals surface area (Å²) in [6, 6.07) is 0. The molecule has 0 amide bonds. The van der Waals surface area contributed by atoms with Crippen LogP contribution in [0.4, 0.5) is 0 Å². The lowest BCUT2D eigenvalue weighted by Crippen LogP contribution is -2.37. The number of quaternary nitrogens is 1. The molecule has 0 aliphatic heterocycles. The van der Waals surface area contributed by atoms with Gasteiger partial charge in [0.25, 0.3) is 0 Å². The van der Waals surface area contributed by atoms with Gasteiger partial charge in [0.2, 0.25) is 0 Å². The average molecular weight is 807 g/mol. The first-order chi connectivity index (χ1) is 27.0. The number of hydrogen-bond acceptors (Lipinski definition) is 7. The van der Waals surface area contributed by atoms with E-state index in [0.717, 1.165) is 38.5 Å². The summed E-state index contributed by atoms with van der Waals surface area (Å²) >= 11 is 0. The molecule has 0 heterocycles. The highest BCUT2D eigenvalue weighted by molar-refractivity contribution is 7.47. The number of phosphoric ester groups is 1. The van der Waals surface area contributed by atoms with E-state index in [9.17, 15) is 19.0 Å². The van der Waals surface area contributed by atoms with E-state index in [1.54, 1.807) is 12.3 Å². The quantitative estimate of drug-likeness (QED) is 0.00956. The molecule has 0 aromatic rings. The molecule has 9 nitrogen and oxygen atoms in total. The number of nitrogens with zero attached hydrogens (tertiary/aromatic N) is 1. The number of ether oxygens (including phenoxy) is 2. The third kappa shape index (κ3) is 41.1. The molecule has 0 aromatic carbocycles. The van der Waals surface area contributed by atoms with Gasteiger partial charge in [-0.15, -0.1) is 0 Å². The molecule has 0 saturated heterocycles. The van der Waals surface area contributed by atoms with Gasteiger partial charge in [0.15, 0.2) is 11.9 Å². The number of esters is 1. The molecule has 0 rings (SSSR count). The second-order valence-corrected chi connectivity index (χ2v) is 16.9. The van der Waals surface area contributed by atoms with Gasteiger partial charge < -0.3 is 18.9 Å². The molecular weight excluding hydrogens is 725 g/mol. The zero-order chi connectivity index (χ0) is 41.4. The van der Waals surface area contributed by atoms with E-state index in [0.29, 0.717) is 17.4 Å². The largest absolute Gasteiger partial charge is 0.498 e. The van der Waals surface area contributed by atoms with E-state index in [4.69, 9.17) is 18.5 Å². The molecule has 0 radical (unpaired) electrons. The number of carbonyl (C=O) groups is 2. The molecule has 2 atom stereocenters. The highest BCUT2D eigenvalue weighted by Crippen LogP contribution is 2.43. The summed E-state index contributed by atoms with van der Waals surface area (Å²) < 4.78 is 34.5. The highest BCUT2D eigenvalue weighted by Gasteiger charge is 2.26. The summed E-state index contributed by atoms with van der Waals surface area (Å²) in [6.07, 6.45) is 46.0. The van der Waals surface area contributed by atoms with Crippen molar-refractivity contribution in [2.75, 3.05) is 47.5 Å². The van der Waals surface area contributed by atoms with Crippen molar-refractivity contribution in [2.45, 2.75) is 161 Å². The minimum atomic E-state index is -4.36. The fourth-order valence-electron chi connectivity index (χ4n) is 5.35. The molecule has 0 aromatic heterocycles. The van der Waals surface area contributed by atoms with Crippen molar-refractivity contribution in [2.24, 2.45) is 0 Å². The lowest BCUT2D eigenvalue weighted by Gasteiger charge is -2.24. The van der Waals surface area contributed by atoms with Crippen LogP contribution in [0.1, 0.15) is 155 Å². The van der Waals surface area contributed by atoms with Crippen molar-refractivity contribution in [3.8, 4) is 0 Å². The van der Waals surface area contributed by atoms with Crippen LogP contribution in [-0.4, -0.2) is 74.7 Å². The summed E-state index contributed by atoms with van der Waals surface area (Å²) in [5, 5.41) is 0.